The van der Waals surface area contributed by atoms with Crippen LogP contribution in [0, 0.1) is 15.9 Å². The van der Waals surface area contributed by atoms with Gasteiger partial charge in [-0.1, -0.05) is 18.2 Å². The molecule has 20 heavy (non-hydrogen) atoms. The van der Waals surface area contributed by atoms with Gasteiger partial charge in [0.2, 0.25) is 0 Å². The Labute approximate surface area is 114 Å². The number of anilines is 1. The fourth-order valence-corrected chi connectivity index (χ4v) is 1.75. The molecule has 6 heteroatoms. The number of nitrogens with one attached hydrogen (secondary N) is 1. The standard InChI is InChI=1S/C14H11FN2O3/c15-12-4-2-1-3-11(12)8-16-13-6-5-10(9-18)7-14(13)17(19)20/h1-7,9,16H,8H2. The van der Waals surface area contributed by atoms with Crippen LogP contribution in [0.25, 0.3) is 0 Å². The summed E-state index contributed by atoms with van der Waals surface area (Å²) >= 11 is 0. The van der Waals surface area contributed by atoms with Gasteiger partial charge in [0.15, 0.2) is 0 Å². The number of nitro benzene ring substituents is 1. The molecule has 1 N–H and O–H groups in total. The quantitative estimate of drug-likeness (QED) is 0.516. The highest BCUT2D eigenvalue weighted by molar-refractivity contribution is 5.79. The number of aldehydes is 1. The molecule has 2 aromatic rings. The third kappa shape index (κ3) is 2.97. The van der Waals surface area contributed by atoms with E-state index in [0.29, 0.717) is 11.8 Å². The summed E-state index contributed by atoms with van der Waals surface area (Å²) in [7, 11) is 0. The molecule has 0 atom stereocenters. The fraction of sp³-hybridized carbons (Fsp3) is 0.0714. The Morgan fingerprint density at radius 3 is 2.65 bits per heavy atom. The van der Waals surface area contributed by atoms with Gasteiger partial charge < -0.3 is 5.32 Å². The average Bonchev–Trinajstić information content (AvgIpc) is 2.46. The molecule has 0 heterocycles. The largest absolute Gasteiger partial charge is 0.375 e. The van der Waals surface area contributed by atoms with E-state index in [4.69, 9.17) is 0 Å². The molecule has 0 saturated heterocycles. The minimum absolute atomic E-state index is 0.119. The van der Waals surface area contributed by atoms with Crippen LogP contribution in [0.5, 0.6) is 0 Å². The van der Waals surface area contributed by atoms with Crippen LogP contribution in [0.3, 0.4) is 0 Å². The Hall–Kier alpha value is -2.76. The molecule has 0 aliphatic heterocycles. The summed E-state index contributed by atoms with van der Waals surface area (Å²) in [6, 6.07) is 10.2. The number of halogens is 1. The summed E-state index contributed by atoms with van der Waals surface area (Å²) in [5.74, 6) is -0.382. The van der Waals surface area contributed by atoms with Crippen LogP contribution in [0.2, 0.25) is 0 Å². The molecule has 0 amide bonds. The van der Waals surface area contributed by atoms with Crippen molar-refractivity contribution in [2.45, 2.75) is 6.54 Å². The third-order valence-electron chi connectivity index (χ3n) is 2.78. The van der Waals surface area contributed by atoms with Crippen LogP contribution in [-0.4, -0.2) is 11.2 Å². The molecule has 0 aliphatic carbocycles. The van der Waals surface area contributed by atoms with Crippen LogP contribution in [0.15, 0.2) is 42.5 Å². The van der Waals surface area contributed by atoms with Crippen LogP contribution in [0.4, 0.5) is 15.8 Å². The molecule has 5 nitrogen and oxygen atoms in total. The maximum absolute atomic E-state index is 13.4. The number of nitrogens with zero attached hydrogens (tertiary/aromatic N) is 1. The first kappa shape index (κ1) is 13.7. The van der Waals surface area contributed by atoms with Gasteiger partial charge in [-0.05, 0) is 18.2 Å². The molecule has 2 aromatic carbocycles. The first-order valence-electron chi connectivity index (χ1n) is 5.82. The minimum atomic E-state index is -0.587. The number of rotatable bonds is 5. The number of hydrogen-bond acceptors (Lipinski definition) is 4. The zero-order valence-electron chi connectivity index (χ0n) is 10.4. The molecule has 2 rings (SSSR count). The summed E-state index contributed by atoms with van der Waals surface area (Å²) in [6.45, 7) is 0.119. The third-order valence-corrected chi connectivity index (χ3v) is 2.78. The number of benzene rings is 2. The van der Waals surface area contributed by atoms with Crippen molar-refractivity contribution in [1.29, 1.82) is 0 Å². The second kappa shape index (κ2) is 5.92. The van der Waals surface area contributed by atoms with Crippen LogP contribution in [0.1, 0.15) is 15.9 Å². The summed E-state index contributed by atoms with van der Waals surface area (Å²) in [6.07, 6.45) is 0.535. The van der Waals surface area contributed by atoms with E-state index < -0.39 is 4.92 Å². The molecule has 0 aliphatic rings. The van der Waals surface area contributed by atoms with Crippen molar-refractivity contribution in [3.8, 4) is 0 Å². The molecule has 0 aromatic heterocycles. The van der Waals surface area contributed by atoms with E-state index >= 15 is 0 Å². The second-order valence-corrected chi connectivity index (χ2v) is 4.10. The van der Waals surface area contributed by atoms with Gasteiger partial charge in [-0.25, -0.2) is 4.39 Å². The lowest BCUT2D eigenvalue weighted by atomic mass is 10.1. The van der Waals surface area contributed by atoms with Gasteiger partial charge >= 0.3 is 0 Å². The van der Waals surface area contributed by atoms with Crippen molar-refractivity contribution < 1.29 is 14.1 Å². The van der Waals surface area contributed by atoms with Crippen molar-refractivity contribution in [3.05, 3.63) is 69.5 Å². The minimum Gasteiger partial charge on any atom is -0.375 e. The molecule has 0 unspecified atom stereocenters. The number of carbonyl (C=O) groups excluding carboxylic acids is 1. The second-order valence-electron chi connectivity index (χ2n) is 4.10. The molecular weight excluding hydrogens is 263 g/mol. The van der Waals surface area contributed by atoms with E-state index in [1.165, 1.54) is 24.3 Å². The Morgan fingerprint density at radius 1 is 1.25 bits per heavy atom. The normalized spacial score (nSPS) is 10.1. The van der Waals surface area contributed by atoms with Crippen molar-refractivity contribution in [1.82, 2.24) is 0 Å². The molecule has 0 bridgehead atoms. The maximum atomic E-state index is 13.4. The van der Waals surface area contributed by atoms with E-state index in [2.05, 4.69) is 5.32 Å². The van der Waals surface area contributed by atoms with Gasteiger partial charge in [-0.3, -0.25) is 14.9 Å². The van der Waals surface area contributed by atoms with Gasteiger partial charge in [0.25, 0.3) is 5.69 Å². The van der Waals surface area contributed by atoms with Crippen LogP contribution < -0.4 is 5.32 Å². The van der Waals surface area contributed by atoms with Crippen molar-refractivity contribution >= 4 is 17.7 Å². The first-order valence-corrected chi connectivity index (χ1v) is 5.82. The highest BCUT2D eigenvalue weighted by Crippen LogP contribution is 2.25. The molecule has 0 fully saturated rings. The van der Waals surface area contributed by atoms with Gasteiger partial charge in [0.1, 0.15) is 17.8 Å². The van der Waals surface area contributed by atoms with Crippen molar-refractivity contribution in [3.63, 3.8) is 0 Å². The van der Waals surface area contributed by atoms with Gasteiger partial charge in [0, 0.05) is 23.7 Å². The van der Waals surface area contributed by atoms with Crippen LogP contribution >= 0.6 is 0 Å². The summed E-state index contributed by atoms with van der Waals surface area (Å²) < 4.78 is 13.4. The Morgan fingerprint density at radius 2 is 2.00 bits per heavy atom. The fourth-order valence-electron chi connectivity index (χ4n) is 1.75. The Kier molecular flexibility index (Phi) is 4.05. The maximum Gasteiger partial charge on any atom is 0.293 e. The molecule has 0 radical (unpaired) electrons. The van der Waals surface area contributed by atoms with E-state index in [1.807, 2.05) is 0 Å². The monoisotopic (exact) mass is 274 g/mol. The lowest BCUT2D eigenvalue weighted by Crippen LogP contribution is -2.04. The number of hydrogen-bond donors (Lipinski definition) is 1. The lowest BCUT2D eigenvalue weighted by molar-refractivity contribution is -0.384. The zero-order valence-corrected chi connectivity index (χ0v) is 10.4. The molecule has 0 spiro atoms. The first-order chi connectivity index (χ1) is 9.61. The highest BCUT2D eigenvalue weighted by atomic mass is 19.1. The van der Waals surface area contributed by atoms with E-state index in [1.54, 1.807) is 18.2 Å². The summed E-state index contributed by atoms with van der Waals surface area (Å²) in [4.78, 5) is 21.0. The lowest BCUT2D eigenvalue weighted by Gasteiger charge is -2.08. The predicted molar refractivity (Wildman–Crippen MR) is 72.2 cm³/mol. The van der Waals surface area contributed by atoms with Crippen molar-refractivity contribution in [2.75, 3.05) is 5.32 Å². The summed E-state index contributed by atoms with van der Waals surface area (Å²) in [5, 5.41) is 13.7. The Bertz CT molecular complexity index is 659. The Balaban J connectivity index is 2.23. The average molecular weight is 274 g/mol. The number of carbonyl (C=O) groups is 1. The van der Waals surface area contributed by atoms with E-state index in [9.17, 15) is 19.3 Å². The van der Waals surface area contributed by atoms with Gasteiger partial charge in [-0.15, -0.1) is 0 Å². The van der Waals surface area contributed by atoms with E-state index in [0.717, 1.165) is 0 Å². The van der Waals surface area contributed by atoms with Crippen molar-refractivity contribution in [2.24, 2.45) is 0 Å². The smallest absolute Gasteiger partial charge is 0.293 e. The SMILES string of the molecule is O=Cc1ccc(NCc2ccccc2F)c([N+](=O)[O-])c1. The summed E-state index contributed by atoms with van der Waals surface area (Å²) in [5.41, 5.74) is 0.643. The molecule has 102 valence electrons. The van der Waals surface area contributed by atoms with Crippen LogP contribution in [-0.2, 0) is 6.54 Å². The van der Waals surface area contributed by atoms with Gasteiger partial charge in [-0.2, -0.15) is 0 Å². The van der Waals surface area contributed by atoms with E-state index in [-0.39, 0.29) is 29.3 Å². The highest BCUT2D eigenvalue weighted by Gasteiger charge is 2.14. The topological polar surface area (TPSA) is 72.2 Å². The number of nitro groups is 1. The zero-order chi connectivity index (χ0) is 14.5. The van der Waals surface area contributed by atoms with Gasteiger partial charge in [0.05, 0.1) is 4.92 Å². The predicted octanol–water partition coefficient (Wildman–Crippen LogP) is 3.16. The molecule has 0 saturated carbocycles. The molecular formula is C14H11FN2O3.